The van der Waals surface area contributed by atoms with E-state index in [1.54, 1.807) is 4.57 Å². The van der Waals surface area contributed by atoms with Gasteiger partial charge in [-0.05, 0) is 0 Å². The Morgan fingerprint density at radius 3 is 2.27 bits per heavy atom. The van der Waals surface area contributed by atoms with Gasteiger partial charge in [0.2, 0.25) is 0 Å². The van der Waals surface area contributed by atoms with Crippen LogP contribution in [-0.4, -0.2) is 30.5 Å². The van der Waals surface area contributed by atoms with Gasteiger partial charge in [0.1, 0.15) is 5.82 Å². The summed E-state index contributed by atoms with van der Waals surface area (Å²) >= 11 is 0. The second-order valence-corrected chi connectivity index (χ2v) is 5.38. The highest BCUT2D eigenvalue weighted by Crippen LogP contribution is 2.29. The minimum absolute atomic E-state index is 0.190. The van der Waals surface area contributed by atoms with Gasteiger partial charge in [-0.2, -0.15) is 26.3 Å². The molecule has 0 fully saturated rings. The number of nitrogens with one attached hydrogen (secondary N) is 1. The van der Waals surface area contributed by atoms with Crippen molar-refractivity contribution < 1.29 is 26.3 Å². The number of alkyl halides is 6. The van der Waals surface area contributed by atoms with Gasteiger partial charge in [-0.15, -0.1) is 0 Å². The quantitative estimate of drug-likeness (QED) is 0.611. The van der Waals surface area contributed by atoms with Crippen molar-refractivity contribution >= 4 is 5.65 Å². The van der Waals surface area contributed by atoms with E-state index in [4.69, 9.17) is 0 Å². The lowest BCUT2D eigenvalue weighted by molar-refractivity contribution is -0.141. The molecular formula is C14H12F6N6. The van der Waals surface area contributed by atoms with Crippen LogP contribution in [0.1, 0.15) is 17.2 Å². The molecule has 26 heavy (non-hydrogen) atoms. The normalized spacial score (nSPS) is 14.7. The molecule has 1 aliphatic rings. The van der Waals surface area contributed by atoms with Crippen LogP contribution in [-0.2, 0) is 25.4 Å². The maximum Gasteiger partial charge on any atom is 0.434 e. The van der Waals surface area contributed by atoms with E-state index in [-0.39, 0.29) is 5.65 Å². The molecule has 1 N–H and O–H groups in total. The molecular weight excluding hydrogens is 366 g/mol. The van der Waals surface area contributed by atoms with Gasteiger partial charge in [0.15, 0.2) is 17.0 Å². The summed E-state index contributed by atoms with van der Waals surface area (Å²) in [6, 6.07) is 0. The fourth-order valence-corrected chi connectivity index (χ4v) is 2.30. The summed E-state index contributed by atoms with van der Waals surface area (Å²) in [6.45, 7) is 1.66. The van der Waals surface area contributed by atoms with Gasteiger partial charge in [0.05, 0.1) is 12.7 Å². The third-order valence-corrected chi connectivity index (χ3v) is 3.52. The summed E-state index contributed by atoms with van der Waals surface area (Å²) in [5.74, 6) is 0.457. The van der Waals surface area contributed by atoms with Gasteiger partial charge in [-0.25, -0.2) is 9.97 Å². The first-order valence-corrected chi connectivity index (χ1v) is 7.34. The molecule has 3 aromatic rings. The Bertz CT molecular complexity index is 837. The molecule has 3 aromatic heterocycles. The third kappa shape index (κ3) is 3.95. The second-order valence-electron chi connectivity index (χ2n) is 5.38. The van der Waals surface area contributed by atoms with Crippen molar-refractivity contribution in [3.8, 4) is 0 Å². The maximum atomic E-state index is 12.2. The van der Waals surface area contributed by atoms with Crippen LogP contribution < -0.4 is 5.32 Å². The Morgan fingerprint density at radius 1 is 0.962 bits per heavy atom. The number of rotatable bonds is 0. The van der Waals surface area contributed by atoms with Crippen molar-refractivity contribution in [3.05, 3.63) is 48.2 Å². The van der Waals surface area contributed by atoms with Crippen molar-refractivity contribution in [2.45, 2.75) is 25.4 Å². The fourth-order valence-electron chi connectivity index (χ4n) is 2.30. The molecule has 1 aliphatic heterocycles. The van der Waals surface area contributed by atoms with Gasteiger partial charge >= 0.3 is 12.4 Å². The van der Waals surface area contributed by atoms with E-state index < -0.39 is 23.7 Å². The summed E-state index contributed by atoms with van der Waals surface area (Å²) in [6.07, 6.45) is -2.65. The van der Waals surface area contributed by atoms with Crippen molar-refractivity contribution in [1.82, 2.24) is 29.2 Å². The van der Waals surface area contributed by atoms with E-state index >= 15 is 0 Å². The standard InChI is InChI=1S/C7H8F3N3.C7H4F3N3/c2*8-7(9,10)5-4-13-2-1-11-3-6(13)12-5/h4,11H,1-3H2;1-4H. The van der Waals surface area contributed by atoms with E-state index in [2.05, 4.69) is 20.3 Å². The lowest BCUT2D eigenvalue weighted by Gasteiger charge is -2.13. The number of fused-ring (bicyclic) bond motifs is 2. The van der Waals surface area contributed by atoms with Gasteiger partial charge in [0, 0.05) is 37.9 Å². The molecule has 12 heteroatoms. The number of hydrogen-bond donors (Lipinski definition) is 1. The van der Waals surface area contributed by atoms with E-state index in [1.807, 2.05) is 0 Å². The number of halogens is 6. The third-order valence-electron chi connectivity index (χ3n) is 3.52. The van der Waals surface area contributed by atoms with Crippen LogP contribution in [0.15, 0.2) is 31.0 Å². The molecule has 0 saturated carbocycles. The predicted octanol–water partition coefficient (Wildman–Crippen LogP) is 2.75. The first-order valence-electron chi connectivity index (χ1n) is 7.34. The van der Waals surface area contributed by atoms with Gasteiger partial charge in [-0.3, -0.25) is 4.98 Å². The monoisotopic (exact) mass is 378 g/mol. The zero-order chi connectivity index (χ0) is 18.9. The Balaban J connectivity index is 0.000000151. The highest BCUT2D eigenvalue weighted by molar-refractivity contribution is 5.37. The van der Waals surface area contributed by atoms with E-state index in [1.165, 1.54) is 23.0 Å². The van der Waals surface area contributed by atoms with Crippen molar-refractivity contribution in [2.75, 3.05) is 6.54 Å². The molecule has 0 amide bonds. The number of imidazole rings is 2. The molecule has 4 rings (SSSR count). The van der Waals surface area contributed by atoms with Gasteiger partial charge < -0.3 is 14.3 Å². The first-order chi connectivity index (χ1) is 12.1. The topological polar surface area (TPSA) is 60.0 Å². The van der Waals surface area contributed by atoms with Crippen LogP contribution in [0.2, 0.25) is 0 Å². The molecule has 140 valence electrons. The summed E-state index contributed by atoms with van der Waals surface area (Å²) in [4.78, 5) is 10.5. The summed E-state index contributed by atoms with van der Waals surface area (Å²) in [5, 5.41) is 2.96. The number of hydrogen-bond acceptors (Lipinski definition) is 4. The number of aromatic nitrogens is 5. The summed E-state index contributed by atoms with van der Waals surface area (Å²) < 4.78 is 75.7. The van der Waals surface area contributed by atoms with Crippen LogP contribution in [0.3, 0.4) is 0 Å². The summed E-state index contributed by atoms with van der Waals surface area (Å²) in [5.41, 5.74) is -1.51. The molecule has 0 spiro atoms. The van der Waals surface area contributed by atoms with Crippen LogP contribution in [0, 0.1) is 0 Å². The zero-order valence-electron chi connectivity index (χ0n) is 13.0. The Kier molecular flexibility index (Phi) is 4.61. The highest BCUT2D eigenvalue weighted by atomic mass is 19.4. The predicted molar refractivity (Wildman–Crippen MR) is 76.9 cm³/mol. The maximum absolute atomic E-state index is 12.2. The van der Waals surface area contributed by atoms with Crippen LogP contribution >= 0.6 is 0 Å². The summed E-state index contributed by atoms with van der Waals surface area (Å²) in [7, 11) is 0. The van der Waals surface area contributed by atoms with Crippen molar-refractivity contribution in [2.24, 2.45) is 0 Å². The number of nitrogens with zero attached hydrogens (tertiary/aromatic N) is 5. The first kappa shape index (κ1) is 18.2. The van der Waals surface area contributed by atoms with E-state index in [0.29, 0.717) is 25.5 Å². The Labute approximate surface area is 142 Å². The van der Waals surface area contributed by atoms with Gasteiger partial charge in [-0.1, -0.05) is 0 Å². The lowest BCUT2D eigenvalue weighted by Crippen LogP contribution is -2.27. The molecule has 0 atom stereocenters. The fraction of sp³-hybridized carbons (Fsp3) is 0.357. The second kappa shape index (κ2) is 6.59. The van der Waals surface area contributed by atoms with E-state index in [9.17, 15) is 26.3 Å². The van der Waals surface area contributed by atoms with Crippen molar-refractivity contribution in [1.29, 1.82) is 0 Å². The van der Waals surface area contributed by atoms with E-state index in [0.717, 1.165) is 12.4 Å². The van der Waals surface area contributed by atoms with Gasteiger partial charge in [0.25, 0.3) is 0 Å². The minimum Gasteiger partial charge on any atom is -0.332 e. The molecule has 0 aliphatic carbocycles. The molecule has 0 radical (unpaired) electrons. The SMILES string of the molecule is FC(F)(F)c1cn2c(n1)CNCC2.FC(F)(F)c1cn2ccncc2n1. The van der Waals surface area contributed by atoms with Crippen LogP contribution in [0.25, 0.3) is 5.65 Å². The molecule has 0 aromatic carbocycles. The molecule has 6 nitrogen and oxygen atoms in total. The highest BCUT2D eigenvalue weighted by Gasteiger charge is 2.35. The van der Waals surface area contributed by atoms with Crippen LogP contribution in [0.4, 0.5) is 26.3 Å². The largest absolute Gasteiger partial charge is 0.434 e. The van der Waals surface area contributed by atoms with Crippen LogP contribution in [0.5, 0.6) is 0 Å². The Morgan fingerprint density at radius 2 is 1.65 bits per heavy atom. The molecule has 0 bridgehead atoms. The zero-order valence-corrected chi connectivity index (χ0v) is 13.0. The molecule has 0 unspecified atom stereocenters. The smallest absolute Gasteiger partial charge is 0.332 e. The lowest BCUT2D eigenvalue weighted by atomic mass is 10.4. The molecule has 0 saturated heterocycles. The van der Waals surface area contributed by atoms with Crippen molar-refractivity contribution in [3.63, 3.8) is 0 Å². The average molecular weight is 378 g/mol. The Hall–Kier alpha value is -2.63. The minimum atomic E-state index is -4.40. The molecule has 4 heterocycles. The average Bonchev–Trinajstić information content (AvgIpc) is 3.19.